The number of benzene rings is 2. The molecule has 6 heteroatoms. The van der Waals surface area contributed by atoms with Gasteiger partial charge in [0.15, 0.2) is 0 Å². The molecule has 0 amide bonds. The minimum atomic E-state index is -1.35. The first-order valence-corrected chi connectivity index (χ1v) is 8.34. The normalized spacial score (nSPS) is 22.7. The number of methoxy groups -OCH3 is 1. The molecule has 0 radical (unpaired) electrons. The largest absolute Gasteiger partial charge is 0.489 e. The molecule has 0 aromatic heterocycles. The lowest BCUT2D eigenvalue weighted by Crippen LogP contribution is -2.47. The van der Waals surface area contributed by atoms with Crippen LogP contribution >= 0.6 is 0 Å². The minimum absolute atomic E-state index is 0.00773. The van der Waals surface area contributed by atoms with Crippen LogP contribution in [0.1, 0.15) is 24.0 Å². The molecule has 138 valence electrons. The molecule has 5 nitrogen and oxygen atoms in total. The summed E-state index contributed by atoms with van der Waals surface area (Å²) in [5.41, 5.74) is 1.52. The van der Waals surface area contributed by atoms with Crippen molar-refractivity contribution in [3.63, 3.8) is 0 Å². The Balaban J connectivity index is 1.57. The van der Waals surface area contributed by atoms with Crippen LogP contribution in [0, 0.1) is 5.82 Å². The summed E-state index contributed by atoms with van der Waals surface area (Å²) in [5.74, 6) is -1.53. The maximum absolute atomic E-state index is 13.6. The zero-order valence-electron chi connectivity index (χ0n) is 14.7. The van der Waals surface area contributed by atoms with Gasteiger partial charge in [-0.25, -0.2) is 9.18 Å². The van der Waals surface area contributed by atoms with Gasteiger partial charge in [0.2, 0.25) is 0 Å². The number of halogens is 1. The lowest BCUT2D eigenvalue weighted by molar-refractivity contribution is -0.264. The lowest BCUT2D eigenvalue weighted by atomic mass is 9.99. The molecule has 26 heavy (non-hydrogen) atoms. The molecule has 1 heterocycles. The summed E-state index contributed by atoms with van der Waals surface area (Å²) < 4.78 is 35.1. The molecule has 0 unspecified atom stereocenters. The van der Waals surface area contributed by atoms with Crippen LogP contribution in [0.3, 0.4) is 0 Å². The van der Waals surface area contributed by atoms with Crippen molar-refractivity contribution in [2.75, 3.05) is 20.3 Å². The van der Waals surface area contributed by atoms with Crippen LogP contribution in [0.5, 0.6) is 5.75 Å². The SMILES string of the molecule is COC(=O)[C@]1(C)OC[C@H](c2ccc(OCc3ccccc3F)cc2)CO1. The van der Waals surface area contributed by atoms with Gasteiger partial charge in [0.25, 0.3) is 5.79 Å². The third-order valence-electron chi connectivity index (χ3n) is 4.38. The molecule has 1 fully saturated rings. The number of hydrogen-bond acceptors (Lipinski definition) is 5. The Bertz CT molecular complexity index is 751. The van der Waals surface area contributed by atoms with Gasteiger partial charge < -0.3 is 18.9 Å². The van der Waals surface area contributed by atoms with Gasteiger partial charge in [-0.05, 0) is 23.8 Å². The average molecular weight is 360 g/mol. The number of rotatable bonds is 5. The predicted octanol–water partition coefficient (Wildman–Crippen LogP) is 3.42. The Kier molecular flexibility index (Phi) is 5.54. The average Bonchev–Trinajstić information content (AvgIpc) is 2.68. The van der Waals surface area contributed by atoms with E-state index in [0.717, 1.165) is 5.56 Å². The first-order chi connectivity index (χ1) is 12.5. The number of hydrogen-bond donors (Lipinski definition) is 0. The van der Waals surface area contributed by atoms with E-state index in [-0.39, 0.29) is 18.3 Å². The number of ether oxygens (including phenoxy) is 4. The van der Waals surface area contributed by atoms with Crippen LogP contribution < -0.4 is 4.74 Å². The molecule has 1 aliphatic rings. The van der Waals surface area contributed by atoms with E-state index < -0.39 is 11.8 Å². The van der Waals surface area contributed by atoms with Crippen molar-refractivity contribution in [1.29, 1.82) is 0 Å². The molecule has 2 aromatic carbocycles. The molecule has 0 saturated carbocycles. The van der Waals surface area contributed by atoms with Gasteiger partial charge in [-0.2, -0.15) is 0 Å². The second-order valence-electron chi connectivity index (χ2n) is 6.21. The fourth-order valence-electron chi connectivity index (χ4n) is 2.72. The Labute approximate surface area is 151 Å². The molecule has 0 N–H and O–H groups in total. The van der Waals surface area contributed by atoms with E-state index >= 15 is 0 Å². The van der Waals surface area contributed by atoms with Crippen molar-refractivity contribution in [2.45, 2.75) is 25.2 Å². The fourth-order valence-corrected chi connectivity index (χ4v) is 2.72. The highest BCUT2D eigenvalue weighted by Gasteiger charge is 2.41. The van der Waals surface area contributed by atoms with E-state index in [0.29, 0.717) is 24.5 Å². The van der Waals surface area contributed by atoms with E-state index in [1.165, 1.54) is 13.2 Å². The highest BCUT2D eigenvalue weighted by Crippen LogP contribution is 2.29. The zero-order chi connectivity index (χ0) is 18.6. The van der Waals surface area contributed by atoms with Crippen LogP contribution in [0.2, 0.25) is 0 Å². The van der Waals surface area contributed by atoms with Crippen molar-refractivity contribution >= 4 is 5.97 Å². The Morgan fingerprint density at radius 1 is 1.15 bits per heavy atom. The van der Waals surface area contributed by atoms with E-state index in [2.05, 4.69) is 4.74 Å². The van der Waals surface area contributed by atoms with E-state index in [1.54, 1.807) is 25.1 Å². The summed E-state index contributed by atoms with van der Waals surface area (Å²) in [5, 5.41) is 0. The Morgan fingerprint density at radius 3 is 2.42 bits per heavy atom. The van der Waals surface area contributed by atoms with Crippen molar-refractivity contribution in [3.05, 3.63) is 65.5 Å². The summed E-state index contributed by atoms with van der Waals surface area (Å²) in [4.78, 5) is 11.7. The van der Waals surface area contributed by atoms with Gasteiger partial charge >= 0.3 is 5.97 Å². The molecule has 0 atom stereocenters. The molecular formula is C20H21FO5. The second-order valence-corrected chi connectivity index (χ2v) is 6.21. The maximum Gasteiger partial charge on any atom is 0.366 e. The lowest BCUT2D eigenvalue weighted by Gasteiger charge is -2.35. The molecule has 0 spiro atoms. The minimum Gasteiger partial charge on any atom is -0.489 e. The zero-order valence-corrected chi connectivity index (χ0v) is 14.7. The molecule has 0 aliphatic carbocycles. The van der Waals surface area contributed by atoms with Crippen LogP contribution in [-0.2, 0) is 25.6 Å². The van der Waals surface area contributed by atoms with Crippen LogP contribution in [0.4, 0.5) is 4.39 Å². The summed E-state index contributed by atoms with van der Waals surface area (Å²) in [6, 6.07) is 14.0. The molecular weight excluding hydrogens is 339 g/mol. The van der Waals surface area contributed by atoms with Crippen LogP contribution in [0.25, 0.3) is 0 Å². The standard InChI is InChI=1S/C20H21FO5/c1-20(19(22)23-2)25-12-16(13-26-20)14-7-9-17(10-8-14)24-11-15-5-3-4-6-18(15)21/h3-10,16H,11-13H2,1-2H3/t16-,20+. The fraction of sp³-hybridized carbons (Fsp3) is 0.350. The molecule has 0 bridgehead atoms. The van der Waals surface area contributed by atoms with Gasteiger partial charge in [0, 0.05) is 18.4 Å². The third kappa shape index (κ3) is 4.03. The summed E-state index contributed by atoms with van der Waals surface area (Å²) >= 11 is 0. The first-order valence-electron chi connectivity index (χ1n) is 8.34. The second kappa shape index (κ2) is 7.85. The number of carbonyl (C=O) groups is 1. The number of esters is 1. The van der Waals surface area contributed by atoms with E-state index in [9.17, 15) is 9.18 Å². The van der Waals surface area contributed by atoms with Crippen LogP contribution in [0.15, 0.2) is 48.5 Å². The van der Waals surface area contributed by atoms with Gasteiger partial charge in [0.1, 0.15) is 18.2 Å². The highest BCUT2D eigenvalue weighted by atomic mass is 19.1. The predicted molar refractivity (Wildman–Crippen MR) is 92.2 cm³/mol. The highest BCUT2D eigenvalue weighted by molar-refractivity contribution is 5.77. The Hall–Kier alpha value is -2.44. The first kappa shape index (κ1) is 18.4. The molecule has 3 rings (SSSR count). The smallest absolute Gasteiger partial charge is 0.366 e. The Morgan fingerprint density at radius 2 is 1.81 bits per heavy atom. The summed E-state index contributed by atoms with van der Waals surface area (Å²) in [6.45, 7) is 2.41. The van der Waals surface area contributed by atoms with E-state index in [4.69, 9.17) is 14.2 Å². The monoisotopic (exact) mass is 360 g/mol. The van der Waals surface area contributed by atoms with Gasteiger partial charge in [-0.15, -0.1) is 0 Å². The van der Waals surface area contributed by atoms with Gasteiger partial charge in [0.05, 0.1) is 20.3 Å². The summed E-state index contributed by atoms with van der Waals surface area (Å²) in [6.07, 6.45) is 0. The third-order valence-corrected chi connectivity index (χ3v) is 4.38. The van der Waals surface area contributed by atoms with Gasteiger partial charge in [-0.1, -0.05) is 30.3 Å². The van der Waals surface area contributed by atoms with Crippen molar-refractivity contribution in [3.8, 4) is 5.75 Å². The van der Waals surface area contributed by atoms with Crippen molar-refractivity contribution < 1.29 is 28.1 Å². The maximum atomic E-state index is 13.6. The van der Waals surface area contributed by atoms with Crippen molar-refractivity contribution in [2.24, 2.45) is 0 Å². The van der Waals surface area contributed by atoms with Crippen LogP contribution in [-0.4, -0.2) is 32.1 Å². The topological polar surface area (TPSA) is 54.0 Å². The number of carbonyl (C=O) groups excluding carboxylic acids is 1. The molecule has 1 aliphatic heterocycles. The summed E-state index contributed by atoms with van der Waals surface area (Å²) in [7, 11) is 1.30. The molecule has 1 saturated heterocycles. The van der Waals surface area contributed by atoms with Gasteiger partial charge in [-0.3, -0.25) is 0 Å². The van der Waals surface area contributed by atoms with Crippen molar-refractivity contribution in [1.82, 2.24) is 0 Å². The molecule has 2 aromatic rings. The van der Waals surface area contributed by atoms with E-state index in [1.807, 2.05) is 24.3 Å². The quantitative estimate of drug-likeness (QED) is 0.765.